The van der Waals surface area contributed by atoms with Crippen molar-refractivity contribution >= 4 is 51.0 Å². The average molecular weight is 574 g/mol. The van der Waals surface area contributed by atoms with Crippen LogP contribution in [0.5, 0.6) is 0 Å². The summed E-state index contributed by atoms with van der Waals surface area (Å²) in [6.07, 6.45) is 3.52. The predicted molar refractivity (Wildman–Crippen MR) is 148 cm³/mol. The normalized spacial score (nSPS) is 16.5. The molecule has 1 amide bonds. The first-order valence-corrected chi connectivity index (χ1v) is 15.0. The van der Waals surface area contributed by atoms with Gasteiger partial charge in [0.2, 0.25) is 5.91 Å². The van der Waals surface area contributed by atoms with Crippen molar-refractivity contribution in [1.82, 2.24) is 10.3 Å². The second-order valence-electron chi connectivity index (χ2n) is 8.65. The van der Waals surface area contributed by atoms with E-state index in [1.54, 1.807) is 23.9 Å². The number of nitrogens with one attached hydrogen (secondary N) is 2. The Bertz CT molecular complexity index is 1380. The lowest BCUT2D eigenvalue weighted by atomic mass is 9.97. The van der Waals surface area contributed by atoms with Gasteiger partial charge in [0.1, 0.15) is 10.9 Å². The predicted octanol–water partition coefficient (Wildman–Crippen LogP) is 4.48. The lowest BCUT2D eigenvalue weighted by Crippen LogP contribution is -2.40. The van der Waals surface area contributed by atoms with Crippen LogP contribution in [0.15, 0.2) is 71.5 Å². The number of hydrogen-bond donors (Lipinski definition) is 3. The van der Waals surface area contributed by atoms with E-state index in [2.05, 4.69) is 16.8 Å². The summed E-state index contributed by atoms with van der Waals surface area (Å²) in [4.78, 5) is 30.8. The monoisotopic (exact) mass is 573 g/mol. The van der Waals surface area contributed by atoms with Gasteiger partial charge >= 0.3 is 16.3 Å². The number of aromatic nitrogens is 1. The zero-order chi connectivity index (χ0) is 27.1. The highest BCUT2D eigenvalue weighted by atomic mass is 32.2. The number of ether oxygens (including phenoxy) is 1. The summed E-state index contributed by atoms with van der Waals surface area (Å²) in [5.41, 5.74) is 2.76. The van der Waals surface area contributed by atoms with Crippen molar-refractivity contribution in [2.24, 2.45) is 5.92 Å². The van der Waals surface area contributed by atoms with Crippen molar-refractivity contribution in [3.8, 4) is 0 Å². The van der Waals surface area contributed by atoms with E-state index in [9.17, 15) is 18.0 Å². The van der Waals surface area contributed by atoms with E-state index in [1.165, 1.54) is 30.6 Å². The van der Waals surface area contributed by atoms with E-state index >= 15 is 0 Å². The molecule has 200 valence electrons. The third-order valence-corrected chi connectivity index (χ3v) is 8.48. The molecule has 1 aliphatic heterocycles. The fraction of sp³-hybridized carbons (Fsp3) is 0.269. The van der Waals surface area contributed by atoms with Crippen molar-refractivity contribution in [3.63, 3.8) is 0 Å². The van der Waals surface area contributed by atoms with Crippen LogP contribution in [0.2, 0.25) is 0 Å². The molecule has 9 nitrogen and oxygen atoms in total. The first kappa shape index (κ1) is 27.8. The molecule has 0 aliphatic carbocycles. The summed E-state index contributed by atoms with van der Waals surface area (Å²) in [5.74, 6) is -2.14. The molecule has 2 heterocycles. The van der Waals surface area contributed by atoms with Gasteiger partial charge < -0.3 is 10.1 Å². The van der Waals surface area contributed by atoms with Gasteiger partial charge in [0.05, 0.1) is 29.8 Å². The van der Waals surface area contributed by atoms with Gasteiger partial charge in [-0.1, -0.05) is 48.5 Å². The SMILES string of the molecule is COC(=O)[C@@H](Cc1ccccc1)C(=O)N[C@@H](Cc1ccc(NS(=O)(=O)O)cc1)c1nc(C2CC=CS2)cs1. The topological polar surface area (TPSA) is 135 Å². The molecule has 0 bridgehead atoms. The maximum Gasteiger partial charge on any atom is 0.357 e. The zero-order valence-electron chi connectivity index (χ0n) is 20.4. The Hall–Kier alpha value is -3.19. The molecule has 3 aromatic rings. The molecule has 0 saturated heterocycles. The minimum Gasteiger partial charge on any atom is -0.468 e. The molecule has 0 saturated carbocycles. The van der Waals surface area contributed by atoms with Gasteiger partial charge in [0, 0.05) is 5.38 Å². The van der Waals surface area contributed by atoms with Crippen molar-refractivity contribution in [3.05, 3.63) is 93.3 Å². The van der Waals surface area contributed by atoms with E-state index in [0.29, 0.717) is 11.4 Å². The zero-order valence-corrected chi connectivity index (χ0v) is 22.9. The van der Waals surface area contributed by atoms with Crippen molar-refractivity contribution in [2.75, 3.05) is 11.8 Å². The molecule has 4 rings (SSSR count). The largest absolute Gasteiger partial charge is 0.468 e. The third kappa shape index (κ3) is 7.67. The number of amides is 1. The smallest absolute Gasteiger partial charge is 0.357 e. The highest BCUT2D eigenvalue weighted by molar-refractivity contribution is 8.02. The maximum absolute atomic E-state index is 13.4. The van der Waals surface area contributed by atoms with Gasteiger partial charge in [-0.2, -0.15) is 8.42 Å². The van der Waals surface area contributed by atoms with Crippen LogP contribution in [0.4, 0.5) is 5.69 Å². The molecule has 3 N–H and O–H groups in total. The summed E-state index contributed by atoms with van der Waals surface area (Å²) >= 11 is 3.13. The number of allylic oxidation sites excluding steroid dienone is 1. The summed E-state index contributed by atoms with van der Waals surface area (Å²) in [6, 6.07) is 15.1. The number of benzene rings is 2. The lowest BCUT2D eigenvalue weighted by molar-refractivity contribution is -0.150. The summed E-state index contributed by atoms with van der Waals surface area (Å²) in [7, 11) is -3.13. The molecule has 0 fully saturated rings. The molecular weight excluding hydrogens is 547 g/mol. The Morgan fingerprint density at radius 2 is 1.82 bits per heavy atom. The van der Waals surface area contributed by atoms with Crippen molar-refractivity contribution in [1.29, 1.82) is 0 Å². The first-order valence-electron chi connectivity index (χ1n) is 11.7. The van der Waals surface area contributed by atoms with E-state index in [4.69, 9.17) is 14.3 Å². The Kier molecular flexibility index (Phi) is 9.21. The number of rotatable bonds is 11. The number of thioether (sulfide) groups is 1. The number of methoxy groups -OCH3 is 1. The van der Waals surface area contributed by atoms with Gasteiger partial charge in [0.15, 0.2) is 0 Å². The Balaban J connectivity index is 1.57. The second-order valence-corrected chi connectivity index (χ2v) is 11.8. The highest BCUT2D eigenvalue weighted by Crippen LogP contribution is 2.39. The van der Waals surface area contributed by atoms with Crippen LogP contribution in [-0.4, -0.2) is 36.9 Å². The molecule has 1 aromatic heterocycles. The lowest BCUT2D eigenvalue weighted by Gasteiger charge is -2.21. The first-order chi connectivity index (χ1) is 18.2. The maximum atomic E-state index is 13.4. The van der Waals surface area contributed by atoms with Crippen LogP contribution in [0.25, 0.3) is 0 Å². The van der Waals surface area contributed by atoms with Crippen LogP contribution in [0.3, 0.4) is 0 Å². The van der Waals surface area contributed by atoms with Gasteiger partial charge in [-0.25, -0.2) is 4.98 Å². The number of anilines is 1. The third-order valence-electron chi connectivity index (χ3n) is 5.90. The van der Waals surface area contributed by atoms with Gasteiger partial charge in [-0.05, 0) is 47.9 Å². The van der Waals surface area contributed by atoms with Crippen LogP contribution in [0.1, 0.15) is 39.5 Å². The standard InChI is InChI=1S/C26H27N3O6S3/c1-35-26(31)20(14-17-6-3-2-4-7-17)24(30)27-21(25-28-22(16-37-25)23-8-5-13-36-23)15-18-9-11-19(12-10-18)29-38(32,33)34/h2-7,9-13,16,20-21,23,29H,8,14-15H2,1H3,(H,27,30)(H,32,33,34)/t20-,21-,23?/m0/s1. The van der Waals surface area contributed by atoms with Gasteiger partial charge in [-0.3, -0.25) is 18.9 Å². The number of hydrogen-bond acceptors (Lipinski definition) is 8. The van der Waals surface area contributed by atoms with Gasteiger partial charge in [0.25, 0.3) is 0 Å². The number of nitrogens with zero attached hydrogens (tertiary/aromatic N) is 1. The van der Waals surface area contributed by atoms with Crippen molar-refractivity contribution in [2.45, 2.75) is 30.6 Å². The molecule has 0 spiro atoms. The molecule has 38 heavy (non-hydrogen) atoms. The molecule has 2 aromatic carbocycles. The summed E-state index contributed by atoms with van der Waals surface area (Å²) in [5, 5.41) is 7.97. The number of esters is 1. The number of thiazole rings is 1. The Morgan fingerprint density at radius 1 is 1.11 bits per heavy atom. The van der Waals surface area contributed by atoms with Gasteiger partial charge in [-0.15, -0.1) is 23.1 Å². The van der Waals surface area contributed by atoms with E-state index < -0.39 is 34.1 Å². The number of carbonyl (C=O) groups is 2. The van der Waals surface area contributed by atoms with E-state index in [-0.39, 0.29) is 17.4 Å². The van der Waals surface area contributed by atoms with Crippen LogP contribution in [0, 0.1) is 5.92 Å². The Morgan fingerprint density at radius 3 is 2.45 bits per heavy atom. The van der Waals surface area contributed by atoms with E-state index in [1.807, 2.05) is 40.4 Å². The van der Waals surface area contributed by atoms with Crippen LogP contribution < -0.4 is 10.0 Å². The average Bonchev–Trinajstić information content (AvgIpc) is 3.60. The fourth-order valence-corrected chi connectivity index (χ4v) is 6.36. The summed E-state index contributed by atoms with van der Waals surface area (Å²) in [6.45, 7) is 0. The fourth-order valence-electron chi connectivity index (χ4n) is 4.03. The molecule has 0 radical (unpaired) electrons. The van der Waals surface area contributed by atoms with Crippen molar-refractivity contribution < 1.29 is 27.3 Å². The molecule has 3 atom stereocenters. The molecular formula is C26H27N3O6S3. The van der Waals surface area contributed by atoms with Crippen LogP contribution in [-0.2, 0) is 37.5 Å². The minimum atomic E-state index is -4.39. The van der Waals surface area contributed by atoms with E-state index in [0.717, 1.165) is 23.2 Å². The summed E-state index contributed by atoms with van der Waals surface area (Å²) < 4.78 is 38.2. The highest BCUT2D eigenvalue weighted by Gasteiger charge is 2.31. The molecule has 1 aliphatic rings. The Labute approximate surface area is 229 Å². The molecule has 12 heteroatoms. The quantitative estimate of drug-likeness (QED) is 0.174. The second kappa shape index (κ2) is 12.6. The number of carbonyl (C=O) groups excluding carboxylic acids is 2. The van der Waals surface area contributed by atoms with Crippen LogP contribution >= 0.6 is 23.1 Å². The minimum absolute atomic E-state index is 0.190. The molecule has 1 unspecified atom stereocenters.